The summed E-state index contributed by atoms with van der Waals surface area (Å²) in [6.07, 6.45) is -4.73. The molecule has 0 spiro atoms. The molecule has 0 bridgehead atoms. The third kappa shape index (κ3) is 3.89. The van der Waals surface area contributed by atoms with Crippen molar-refractivity contribution in [2.24, 2.45) is 0 Å². The molecule has 0 amide bonds. The van der Waals surface area contributed by atoms with Crippen LogP contribution in [0.4, 0.5) is 13.2 Å². The predicted molar refractivity (Wildman–Crippen MR) is 84.5 cm³/mol. The molecule has 2 aromatic rings. The van der Waals surface area contributed by atoms with Gasteiger partial charge in [0.1, 0.15) is 0 Å². The first-order chi connectivity index (χ1) is 12.2. The van der Waals surface area contributed by atoms with Crippen molar-refractivity contribution in [3.8, 4) is 0 Å². The SMILES string of the molecule is Cc1nnc(CN2CCN(S(=O)(=O)c3ccccc3C(F)(F)F)CC2)o1. The molecular weight excluding hydrogens is 373 g/mol. The molecule has 1 aliphatic heterocycles. The summed E-state index contributed by atoms with van der Waals surface area (Å²) < 4.78 is 71.2. The number of halogens is 3. The van der Waals surface area contributed by atoms with Crippen molar-refractivity contribution in [3.63, 3.8) is 0 Å². The van der Waals surface area contributed by atoms with Crippen LogP contribution in [-0.4, -0.2) is 54.0 Å². The minimum Gasteiger partial charge on any atom is -0.424 e. The molecule has 142 valence electrons. The molecule has 3 rings (SSSR count). The Hall–Kier alpha value is -1.98. The number of benzene rings is 1. The summed E-state index contributed by atoms with van der Waals surface area (Å²) in [5, 5.41) is 7.60. The first-order valence-corrected chi connectivity index (χ1v) is 9.29. The van der Waals surface area contributed by atoms with Crippen molar-refractivity contribution in [1.29, 1.82) is 0 Å². The van der Waals surface area contributed by atoms with Crippen molar-refractivity contribution >= 4 is 10.0 Å². The lowest BCUT2D eigenvalue weighted by molar-refractivity contribution is -0.139. The summed E-state index contributed by atoms with van der Waals surface area (Å²) in [6, 6.07) is 4.23. The van der Waals surface area contributed by atoms with Crippen molar-refractivity contribution in [3.05, 3.63) is 41.6 Å². The monoisotopic (exact) mass is 390 g/mol. The van der Waals surface area contributed by atoms with E-state index in [0.717, 1.165) is 16.4 Å². The van der Waals surface area contributed by atoms with Crippen molar-refractivity contribution < 1.29 is 26.0 Å². The lowest BCUT2D eigenvalue weighted by atomic mass is 10.2. The number of aryl methyl sites for hydroxylation is 1. The molecule has 26 heavy (non-hydrogen) atoms. The molecule has 0 atom stereocenters. The summed E-state index contributed by atoms with van der Waals surface area (Å²) in [5.74, 6) is 0.853. The third-order valence-electron chi connectivity index (χ3n) is 4.07. The molecule has 2 heterocycles. The van der Waals surface area contributed by atoms with Crippen LogP contribution < -0.4 is 0 Å². The van der Waals surface area contributed by atoms with E-state index >= 15 is 0 Å². The highest BCUT2D eigenvalue weighted by Crippen LogP contribution is 2.35. The van der Waals surface area contributed by atoms with E-state index in [1.54, 1.807) is 6.92 Å². The van der Waals surface area contributed by atoms with Gasteiger partial charge in [0.15, 0.2) is 0 Å². The molecule has 0 aliphatic carbocycles. The number of aromatic nitrogens is 2. The number of piperazine rings is 1. The highest BCUT2D eigenvalue weighted by atomic mass is 32.2. The second-order valence-electron chi connectivity index (χ2n) is 5.89. The van der Waals surface area contributed by atoms with Gasteiger partial charge in [-0.1, -0.05) is 12.1 Å². The Labute approximate surface area is 148 Å². The van der Waals surface area contributed by atoms with Gasteiger partial charge < -0.3 is 4.42 Å². The molecule has 1 aliphatic rings. The van der Waals surface area contributed by atoms with Crippen molar-refractivity contribution in [1.82, 2.24) is 19.4 Å². The van der Waals surface area contributed by atoms with Gasteiger partial charge in [0.2, 0.25) is 21.8 Å². The molecule has 0 saturated carbocycles. The molecule has 7 nitrogen and oxygen atoms in total. The normalized spacial score (nSPS) is 17.5. The summed E-state index contributed by atoms with van der Waals surface area (Å²) in [4.78, 5) is 1.20. The van der Waals surface area contributed by atoms with E-state index in [1.807, 2.05) is 4.90 Å². The molecular formula is C15H17F3N4O3S. The van der Waals surface area contributed by atoms with Gasteiger partial charge in [-0.15, -0.1) is 10.2 Å². The lowest BCUT2D eigenvalue weighted by Crippen LogP contribution is -2.48. The number of rotatable bonds is 4. The van der Waals surface area contributed by atoms with E-state index in [1.165, 1.54) is 12.1 Å². The van der Waals surface area contributed by atoms with Gasteiger partial charge in [0, 0.05) is 33.1 Å². The van der Waals surface area contributed by atoms with E-state index in [9.17, 15) is 21.6 Å². The number of hydrogen-bond acceptors (Lipinski definition) is 6. The van der Waals surface area contributed by atoms with Crippen LogP contribution in [0, 0.1) is 6.92 Å². The van der Waals surface area contributed by atoms with E-state index in [-0.39, 0.29) is 13.1 Å². The Kier molecular flexibility index (Phi) is 5.04. The second-order valence-corrected chi connectivity index (χ2v) is 7.80. The third-order valence-corrected chi connectivity index (χ3v) is 6.03. The second kappa shape index (κ2) is 6.97. The van der Waals surface area contributed by atoms with Crippen LogP contribution in [0.2, 0.25) is 0 Å². The van der Waals surface area contributed by atoms with Gasteiger partial charge in [-0.3, -0.25) is 4.90 Å². The standard InChI is InChI=1S/C15H17F3N4O3S/c1-11-19-20-14(25-11)10-21-6-8-22(9-7-21)26(23,24)13-5-3-2-4-12(13)15(16,17)18/h2-5H,6-10H2,1H3. The molecule has 1 aromatic carbocycles. The quantitative estimate of drug-likeness (QED) is 0.794. The summed E-state index contributed by atoms with van der Waals surface area (Å²) in [5.41, 5.74) is -1.15. The van der Waals surface area contributed by atoms with E-state index in [0.29, 0.717) is 31.4 Å². The number of sulfonamides is 1. The van der Waals surface area contributed by atoms with E-state index in [2.05, 4.69) is 10.2 Å². The molecule has 11 heteroatoms. The Morgan fingerprint density at radius 3 is 2.35 bits per heavy atom. The Morgan fingerprint density at radius 1 is 1.12 bits per heavy atom. The molecule has 1 fully saturated rings. The molecule has 0 unspecified atom stereocenters. The lowest BCUT2D eigenvalue weighted by Gasteiger charge is -2.33. The largest absolute Gasteiger partial charge is 0.424 e. The maximum absolute atomic E-state index is 13.1. The summed E-state index contributed by atoms with van der Waals surface area (Å²) >= 11 is 0. The highest BCUT2D eigenvalue weighted by molar-refractivity contribution is 7.89. The van der Waals surface area contributed by atoms with Crippen LogP contribution in [0.1, 0.15) is 17.3 Å². The van der Waals surface area contributed by atoms with Gasteiger partial charge in [-0.2, -0.15) is 17.5 Å². The van der Waals surface area contributed by atoms with Crippen LogP contribution >= 0.6 is 0 Å². The topological polar surface area (TPSA) is 79.5 Å². The van der Waals surface area contributed by atoms with Crippen LogP contribution in [0.25, 0.3) is 0 Å². The minimum atomic E-state index is -4.73. The molecule has 0 radical (unpaired) electrons. The molecule has 0 N–H and O–H groups in total. The maximum Gasteiger partial charge on any atom is 0.417 e. The van der Waals surface area contributed by atoms with Crippen LogP contribution in [0.15, 0.2) is 33.6 Å². The fourth-order valence-electron chi connectivity index (χ4n) is 2.79. The number of alkyl halides is 3. The number of hydrogen-bond donors (Lipinski definition) is 0. The number of nitrogens with zero attached hydrogens (tertiary/aromatic N) is 4. The van der Waals surface area contributed by atoms with Crippen molar-refractivity contribution in [2.75, 3.05) is 26.2 Å². The average molecular weight is 390 g/mol. The van der Waals surface area contributed by atoms with Gasteiger partial charge in [-0.25, -0.2) is 8.42 Å². The smallest absolute Gasteiger partial charge is 0.417 e. The minimum absolute atomic E-state index is 0.0850. The fraction of sp³-hybridized carbons (Fsp3) is 0.467. The highest BCUT2D eigenvalue weighted by Gasteiger charge is 2.39. The van der Waals surface area contributed by atoms with Crippen LogP contribution in [0.5, 0.6) is 0 Å². The summed E-state index contributed by atoms with van der Waals surface area (Å²) in [6.45, 7) is 2.92. The van der Waals surface area contributed by atoms with Crippen LogP contribution in [0.3, 0.4) is 0 Å². The van der Waals surface area contributed by atoms with Gasteiger partial charge in [0.05, 0.1) is 17.0 Å². The Bertz CT molecular complexity index is 874. The Morgan fingerprint density at radius 2 is 1.77 bits per heavy atom. The van der Waals surface area contributed by atoms with Crippen LogP contribution in [-0.2, 0) is 22.7 Å². The average Bonchev–Trinajstić information content (AvgIpc) is 2.99. The molecule has 1 aromatic heterocycles. The van der Waals surface area contributed by atoms with Crippen molar-refractivity contribution in [2.45, 2.75) is 24.5 Å². The zero-order chi connectivity index (χ0) is 18.9. The predicted octanol–water partition coefficient (Wildman–Crippen LogP) is 1.90. The Balaban J connectivity index is 1.73. The van der Waals surface area contributed by atoms with Gasteiger partial charge in [-0.05, 0) is 12.1 Å². The first-order valence-electron chi connectivity index (χ1n) is 7.85. The van der Waals surface area contributed by atoms with E-state index < -0.39 is 26.7 Å². The van der Waals surface area contributed by atoms with E-state index in [4.69, 9.17) is 4.42 Å². The zero-order valence-electron chi connectivity index (χ0n) is 13.9. The molecule has 1 saturated heterocycles. The fourth-order valence-corrected chi connectivity index (χ4v) is 4.42. The first kappa shape index (κ1) is 18.8. The summed E-state index contributed by atoms with van der Waals surface area (Å²) in [7, 11) is -4.23. The zero-order valence-corrected chi connectivity index (χ0v) is 14.7. The van der Waals surface area contributed by atoms with Gasteiger partial charge >= 0.3 is 6.18 Å². The van der Waals surface area contributed by atoms with Gasteiger partial charge in [0.25, 0.3) is 0 Å². The maximum atomic E-state index is 13.1.